The Balaban J connectivity index is 2.08. The average molecular weight is 461 g/mol. The summed E-state index contributed by atoms with van der Waals surface area (Å²) in [6, 6.07) is 15.1. The van der Waals surface area contributed by atoms with Gasteiger partial charge in [0.1, 0.15) is 0 Å². The minimum atomic E-state index is -3.69. The fourth-order valence-corrected chi connectivity index (χ4v) is 5.01. The van der Waals surface area contributed by atoms with Gasteiger partial charge in [0.25, 0.3) is 0 Å². The predicted octanol–water partition coefficient (Wildman–Crippen LogP) is 3.90. The molecule has 0 heterocycles. The Morgan fingerprint density at radius 1 is 1.00 bits per heavy atom. The number of aryl methyl sites for hydroxylation is 1. The summed E-state index contributed by atoms with van der Waals surface area (Å²) in [5.41, 5.74) is 1.73. The maximum Gasteiger partial charge on any atom is 0.240 e. The quantitative estimate of drug-likeness (QED) is 0.563. The highest BCUT2D eigenvalue weighted by Gasteiger charge is 2.31. The molecule has 32 heavy (non-hydrogen) atoms. The molecule has 7 heteroatoms. The topological polar surface area (TPSA) is 86.7 Å². The van der Waals surface area contributed by atoms with Crippen LogP contribution in [0.1, 0.15) is 51.3 Å². The van der Waals surface area contributed by atoms with Crippen LogP contribution in [0.25, 0.3) is 0 Å². The molecule has 2 rings (SSSR count). The van der Waals surface area contributed by atoms with E-state index >= 15 is 0 Å². The third-order valence-corrected chi connectivity index (χ3v) is 7.53. The van der Waals surface area contributed by atoms with Crippen molar-refractivity contribution in [2.45, 2.75) is 64.1 Å². The zero-order chi connectivity index (χ0) is 24.1. The Labute approximate surface area is 192 Å². The van der Waals surface area contributed by atoms with Gasteiger partial charge >= 0.3 is 0 Å². The van der Waals surface area contributed by atoms with Gasteiger partial charge in [-0.15, -0.1) is 0 Å². The molecule has 176 valence electrons. The van der Waals surface area contributed by atoms with Crippen LogP contribution in [0.4, 0.5) is 0 Å². The number of likely N-dealkylation sites (N-methyl/N-ethyl adjacent to an activating group) is 1. The van der Waals surface area contributed by atoms with Gasteiger partial charge in [0.2, 0.25) is 15.9 Å². The minimum absolute atomic E-state index is 0.00288. The third-order valence-electron chi connectivity index (χ3n) is 6.03. The van der Waals surface area contributed by atoms with Gasteiger partial charge in [-0.1, -0.05) is 68.8 Å². The van der Waals surface area contributed by atoms with E-state index in [1.54, 1.807) is 43.1 Å². The lowest BCUT2D eigenvalue weighted by molar-refractivity contribution is -0.138. The molecule has 0 saturated carbocycles. The lowest BCUT2D eigenvalue weighted by atomic mass is 9.93. The molecule has 0 aromatic heterocycles. The summed E-state index contributed by atoms with van der Waals surface area (Å²) in [7, 11) is -2.02. The van der Waals surface area contributed by atoms with Gasteiger partial charge in [0, 0.05) is 19.0 Å². The van der Waals surface area contributed by atoms with E-state index in [4.69, 9.17) is 0 Å². The normalized spacial score (nSPS) is 15.8. The molecular weight excluding hydrogens is 424 g/mol. The molecule has 4 atom stereocenters. The molecule has 0 spiro atoms. The number of hydrogen-bond acceptors (Lipinski definition) is 4. The van der Waals surface area contributed by atoms with Crippen molar-refractivity contribution in [3.8, 4) is 0 Å². The Hall–Kier alpha value is -2.22. The standard InChI is InChI=1S/C25H36N2O4S/c1-17(2)23(26-32(30,31)22-14-12-18(3)13-15-22)16-19(4)25(29)27(6)20(5)24(28)21-10-8-7-9-11-21/h7-15,17,19-20,23-24,26,28H,16H2,1-6H3/t19-,20-,23+,24+/m0/s1. The van der Waals surface area contributed by atoms with Crippen LogP contribution in [0, 0.1) is 18.8 Å². The van der Waals surface area contributed by atoms with Crippen LogP contribution >= 0.6 is 0 Å². The molecule has 0 saturated heterocycles. The highest BCUT2D eigenvalue weighted by Crippen LogP contribution is 2.23. The number of nitrogens with one attached hydrogen (secondary N) is 1. The molecule has 2 aromatic carbocycles. The highest BCUT2D eigenvalue weighted by molar-refractivity contribution is 7.89. The molecule has 2 N–H and O–H groups in total. The number of hydrogen-bond donors (Lipinski definition) is 2. The SMILES string of the molecule is Cc1ccc(S(=O)(=O)N[C@H](C[C@H](C)C(=O)N(C)[C@@H](C)[C@@H](O)c2ccccc2)C(C)C)cc1. The van der Waals surface area contributed by atoms with Crippen molar-refractivity contribution in [3.05, 3.63) is 65.7 Å². The smallest absolute Gasteiger partial charge is 0.240 e. The zero-order valence-corrected chi connectivity index (χ0v) is 20.6. The highest BCUT2D eigenvalue weighted by atomic mass is 32.2. The van der Waals surface area contributed by atoms with Gasteiger partial charge in [-0.3, -0.25) is 4.79 Å². The number of aliphatic hydroxyl groups excluding tert-OH is 1. The number of carbonyl (C=O) groups is 1. The summed E-state index contributed by atoms with van der Waals surface area (Å²) in [6.45, 7) is 9.38. The Morgan fingerprint density at radius 2 is 1.56 bits per heavy atom. The largest absolute Gasteiger partial charge is 0.386 e. The number of aliphatic hydroxyl groups is 1. The van der Waals surface area contributed by atoms with Gasteiger partial charge in [-0.2, -0.15) is 0 Å². The van der Waals surface area contributed by atoms with Crippen LogP contribution in [0.15, 0.2) is 59.5 Å². The molecule has 0 aliphatic rings. The summed E-state index contributed by atoms with van der Waals surface area (Å²) in [4.78, 5) is 14.9. The van der Waals surface area contributed by atoms with E-state index in [0.29, 0.717) is 6.42 Å². The Kier molecular flexibility index (Phi) is 9.01. The molecule has 0 bridgehead atoms. The number of carbonyl (C=O) groups excluding carboxylic acids is 1. The Bertz CT molecular complexity index is 975. The summed E-state index contributed by atoms with van der Waals surface area (Å²) in [6.07, 6.45) is -0.446. The molecule has 0 fully saturated rings. The van der Waals surface area contributed by atoms with Gasteiger partial charge < -0.3 is 10.0 Å². The first-order chi connectivity index (χ1) is 14.9. The number of nitrogens with zero attached hydrogens (tertiary/aromatic N) is 1. The second kappa shape index (κ2) is 11.1. The van der Waals surface area contributed by atoms with E-state index in [1.165, 1.54) is 0 Å². The number of benzene rings is 2. The van der Waals surface area contributed by atoms with Crippen LogP contribution in [0.2, 0.25) is 0 Å². The van der Waals surface area contributed by atoms with Crippen LogP contribution in [-0.4, -0.2) is 43.5 Å². The fourth-order valence-electron chi connectivity index (χ4n) is 3.61. The van der Waals surface area contributed by atoms with Gasteiger partial charge in [-0.05, 0) is 43.9 Å². The summed E-state index contributed by atoms with van der Waals surface area (Å²) in [5, 5.41) is 10.7. The monoisotopic (exact) mass is 460 g/mol. The lowest BCUT2D eigenvalue weighted by Crippen LogP contribution is -2.45. The second-order valence-electron chi connectivity index (χ2n) is 8.97. The van der Waals surface area contributed by atoms with Crippen molar-refractivity contribution in [2.75, 3.05) is 7.05 Å². The van der Waals surface area contributed by atoms with Crippen LogP contribution < -0.4 is 4.72 Å². The second-order valence-corrected chi connectivity index (χ2v) is 10.7. The van der Waals surface area contributed by atoms with Crippen molar-refractivity contribution in [3.63, 3.8) is 0 Å². The Morgan fingerprint density at radius 3 is 2.09 bits per heavy atom. The molecule has 2 aromatic rings. The molecular formula is C25H36N2O4S. The lowest BCUT2D eigenvalue weighted by Gasteiger charge is -2.33. The van der Waals surface area contributed by atoms with Crippen molar-refractivity contribution in [1.29, 1.82) is 0 Å². The maximum atomic E-state index is 13.1. The van der Waals surface area contributed by atoms with E-state index in [2.05, 4.69) is 4.72 Å². The van der Waals surface area contributed by atoms with Gasteiger partial charge in [0.15, 0.2) is 0 Å². The van der Waals surface area contributed by atoms with E-state index in [1.807, 2.05) is 58.0 Å². The first kappa shape index (κ1) is 26.0. The van der Waals surface area contributed by atoms with Crippen molar-refractivity contribution in [2.24, 2.45) is 11.8 Å². The molecule has 0 aliphatic carbocycles. The predicted molar refractivity (Wildman–Crippen MR) is 128 cm³/mol. The minimum Gasteiger partial charge on any atom is -0.386 e. The van der Waals surface area contributed by atoms with Gasteiger partial charge in [-0.25, -0.2) is 13.1 Å². The first-order valence-corrected chi connectivity index (χ1v) is 12.5. The van der Waals surface area contributed by atoms with Crippen LogP contribution in [0.5, 0.6) is 0 Å². The zero-order valence-electron chi connectivity index (χ0n) is 19.8. The molecule has 1 amide bonds. The fraction of sp³-hybridized carbons (Fsp3) is 0.480. The van der Waals surface area contributed by atoms with E-state index in [9.17, 15) is 18.3 Å². The van der Waals surface area contributed by atoms with Crippen LogP contribution in [0.3, 0.4) is 0 Å². The average Bonchev–Trinajstić information content (AvgIpc) is 2.77. The van der Waals surface area contributed by atoms with Crippen LogP contribution in [-0.2, 0) is 14.8 Å². The van der Waals surface area contributed by atoms with Crippen molar-refractivity contribution >= 4 is 15.9 Å². The van der Waals surface area contributed by atoms with E-state index < -0.39 is 34.1 Å². The number of rotatable bonds is 10. The van der Waals surface area contributed by atoms with Crippen molar-refractivity contribution in [1.82, 2.24) is 9.62 Å². The number of sulfonamides is 1. The third kappa shape index (κ3) is 6.64. The van der Waals surface area contributed by atoms with E-state index in [0.717, 1.165) is 11.1 Å². The van der Waals surface area contributed by atoms with Crippen molar-refractivity contribution < 1.29 is 18.3 Å². The van der Waals surface area contributed by atoms with E-state index in [-0.39, 0.29) is 16.7 Å². The summed E-state index contributed by atoms with van der Waals surface area (Å²) >= 11 is 0. The molecule has 0 radical (unpaired) electrons. The number of amides is 1. The summed E-state index contributed by atoms with van der Waals surface area (Å²) < 4.78 is 28.5. The maximum absolute atomic E-state index is 13.1. The summed E-state index contributed by atoms with van der Waals surface area (Å²) in [5.74, 6) is -0.547. The molecule has 0 aliphatic heterocycles. The first-order valence-electron chi connectivity index (χ1n) is 11.0. The molecule has 6 nitrogen and oxygen atoms in total. The molecule has 0 unspecified atom stereocenters. The van der Waals surface area contributed by atoms with Gasteiger partial charge in [0.05, 0.1) is 17.0 Å².